The monoisotopic (exact) mass is 412 g/mol. The SMILES string of the molecule is COC(=O)C1=C(Nc2cccc(-c3ccc(OC)cc3OC)c2)C(=O)N(CCO)C1. The number of nitrogens with one attached hydrogen (secondary N) is 1. The molecule has 1 amide bonds. The summed E-state index contributed by atoms with van der Waals surface area (Å²) >= 11 is 0. The van der Waals surface area contributed by atoms with Crippen molar-refractivity contribution in [3.63, 3.8) is 0 Å². The van der Waals surface area contributed by atoms with Gasteiger partial charge in [-0.2, -0.15) is 0 Å². The lowest BCUT2D eigenvalue weighted by Gasteiger charge is -2.15. The number of esters is 1. The molecule has 0 saturated heterocycles. The summed E-state index contributed by atoms with van der Waals surface area (Å²) < 4.78 is 15.5. The minimum Gasteiger partial charge on any atom is -0.497 e. The van der Waals surface area contributed by atoms with Gasteiger partial charge in [-0.1, -0.05) is 12.1 Å². The van der Waals surface area contributed by atoms with Crippen LogP contribution in [0, 0.1) is 0 Å². The number of carbonyl (C=O) groups is 2. The van der Waals surface area contributed by atoms with Gasteiger partial charge in [0.25, 0.3) is 5.91 Å². The van der Waals surface area contributed by atoms with Crippen molar-refractivity contribution >= 4 is 17.6 Å². The number of ether oxygens (including phenoxy) is 3. The van der Waals surface area contributed by atoms with Crippen LogP contribution in [0.5, 0.6) is 11.5 Å². The van der Waals surface area contributed by atoms with Gasteiger partial charge in [0, 0.05) is 23.9 Å². The number of β-amino-alcohol motifs (C(OH)–C–C–N with tert-alkyl or cyclic N) is 1. The van der Waals surface area contributed by atoms with Crippen LogP contribution in [0.1, 0.15) is 0 Å². The topological polar surface area (TPSA) is 97.3 Å². The summed E-state index contributed by atoms with van der Waals surface area (Å²) in [6.07, 6.45) is 0. The van der Waals surface area contributed by atoms with Crippen LogP contribution in [0.3, 0.4) is 0 Å². The van der Waals surface area contributed by atoms with Crippen LogP contribution in [0.25, 0.3) is 11.1 Å². The molecule has 2 N–H and O–H groups in total. The maximum atomic E-state index is 12.7. The quantitative estimate of drug-likeness (QED) is 0.641. The second kappa shape index (κ2) is 9.32. The van der Waals surface area contributed by atoms with Crippen molar-refractivity contribution in [2.75, 3.05) is 46.3 Å². The highest BCUT2D eigenvalue weighted by molar-refractivity contribution is 6.08. The van der Waals surface area contributed by atoms with Gasteiger partial charge >= 0.3 is 5.97 Å². The highest BCUT2D eigenvalue weighted by Crippen LogP contribution is 2.35. The van der Waals surface area contributed by atoms with E-state index in [1.807, 2.05) is 30.3 Å². The number of aliphatic hydroxyl groups excluding tert-OH is 1. The fraction of sp³-hybridized carbons (Fsp3) is 0.273. The van der Waals surface area contributed by atoms with Gasteiger partial charge in [0.2, 0.25) is 0 Å². The summed E-state index contributed by atoms with van der Waals surface area (Å²) in [5.41, 5.74) is 2.71. The summed E-state index contributed by atoms with van der Waals surface area (Å²) in [6.45, 7) is 0.0220. The van der Waals surface area contributed by atoms with E-state index >= 15 is 0 Å². The Kier molecular flexibility index (Phi) is 6.58. The van der Waals surface area contributed by atoms with Gasteiger partial charge in [0.05, 0.1) is 40.1 Å². The third kappa shape index (κ3) is 4.23. The van der Waals surface area contributed by atoms with Gasteiger partial charge in [0.1, 0.15) is 17.2 Å². The molecule has 1 aliphatic heterocycles. The van der Waals surface area contributed by atoms with Crippen molar-refractivity contribution in [2.45, 2.75) is 0 Å². The van der Waals surface area contributed by atoms with E-state index in [4.69, 9.17) is 14.2 Å². The molecular weight excluding hydrogens is 388 g/mol. The smallest absolute Gasteiger partial charge is 0.337 e. The number of benzene rings is 2. The highest BCUT2D eigenvalue weighted by Gasteiger charge is 2.34. The van der Waals surface area contributed by atoms with Gasteiger partial charge in [-0.05, 0) is 29.8 Å². The number of anilines is 1. The first-order valence-electron chi connectivity index (χ1n) is 9.33. The van der Waals surface area contributed by atoms with Crippen molar-refractivity contribution in [3.05, 3.63) is 53.7 Å². The van der Waals surface area contributed by atoms with Crippen molar-refractivity contribution in [3.8, 4) is 22.6 Å². The molecule has 0 saturated carbocycles. The molecule has 8 heteroatoms. The molecule has 0 radical (unpaired) electrons. The standard InChI is InChI=1S/C22H24N2O6/c1-28-16-7-8-17(19(12-16)29-2)14-5-4-6-15(11-14)23-20-18(22(27)30-3)13-24(9-10-25)21(20)26/h4-8,11-12,23,25H,9-10,13H2,1-3H3. The molecule has 0 aromatic heterocycles. The second-order valence-corrected chi connectivity index (χ2v) is 6.57. The van der Waals surface area contributed by atoms with E-state index in [0.717, 1.165) is 11.1 Å². The second-order valence-electron chi connectivity index (χ2n) is 6.57. The van der Waals surface area contributed by atoms with E-state index < -0.39 is 5.97 Å². The van der Waals surface area contributed by atoms with E-state index in [9.17, 15) is 14.7 Å². The lowest BCUT2D eigenvalue weighted by Crippen LogP contribution is -2.31. The van der Waals surface area contributed by atoms with E-state index in [2.05, 4.69) is 5.32 Å². The van der Waals surface area contributed by atoms with Gasteiger partial charge in [0.15, 0.2) is 0 Å². The first kappa shape index (κ1) is 21.2. The number of aliphatic hydroxyl groups is 1. The molecule has 3 rings (SSSR count). The summed E-state index contributed by atoms with van der Waals surface area (Å²) in [4.78, 5) is 26.3. The molecule has 30 heavy (non-hydrogen) atoms. The van der Waals surface area contributed by atoms with Gasteiger partial charge in [-0.3, -0.25) is 4.79 Å². The number of hydrogen-bond donors (Lipinski definition) is 2. The number of rotatable bonds is 8. The van der Waals surface area contributed by atoms with Crippen LogP contribution < -0.4 is 14.8 Å². The summed E-state index contributed by atoms with van der Waals surface area (Å²) in [7, 11) is 4.44. The van der Waals surface area contributed by atoms with Crippen LogP contribution in [-0.4, -0.2) is 62.9 Å². The molecule has 2 aromatic rings. The number of hydrogen-bond acceptors (Lipinski definition) is 7. The predicted octanol–water partition coefficient (Wildman–Crippen LogP) is 2.04. The summed E-state index contributed by atoms with van der Waals surface area (Å²) in [6, 6.07) is 12.9. The molecule has 0 fully saturated rings. The Balaban J connectivity index is 1.94. The van der Waals surface area contributed by atoms with E-state index in [-0.39, 0.29) is 36.9 Å². The Bertz CT molecular complexity index is 985. The first-order valence-corrected chi connectivity index (χ1v) is 9.33. The maximum Gasteiger partial charge on any atom is 0.337 e. The lowest BCUT2D eigenvalue weighted by molar-refractivity contribution is -0.136. The zero-order valence-electron chi connectivity index (χ0n) is 17.1. The molecule has 0 spiro atoms. The average Bonchev–Trinajstić information content (AvgIpc) is 3.08. The average molecular weight is 412 g/mol. The predicted molar refractivity (Wildman–Crippen MR) is 111 cm³/mol. The van der Waals surface area contributed by atoms with Gasteiger partial charge in [-0.25, -0.2) is 4.79 Å². The molecule has 0 unspecified atom stereocenters. The molecule has 1 aliphatic rings. The van der Waals surface area contributed by atoms with E-state index in [1.165, 1.54) is 12.0 Å². The third-order valence-electron chi connectivity index (χ3n) is 4.81. The largest absolute Gasteiger partial charge is 0.497 e. The first-order chi connectivity index (χ1) is 14.5. The van der Waals surface area contributed by atoms with Crippen molar-refractivity contribution in [1.29, 1.82) is 0 Å². The molecule has 158 valence electrons. The van der Waals surface area contributed by atoms with E-state index in [1.54, 1.807) is 26.4 Å². The number of methoxy groups -OCH3 is 3. The van der Waals surface area contributed by atoms with Crippen LogP contribution in [0.2, 0.25) is 0 Å². The molecule has 8 nitrogen and oxygen atoms in total. The fourth-order valence-electron chi connectivity index (χ4n) is 3.29. The van der Waals surface area contributed by atoms with Crippen molar-refractivity contribution in [2.24, 2.45) is 0 Å². The number of nitrogens with zero attached hydrogens (tertiary/aromatic N) is 1. The van der Waals surface area contributed by atoms with E-state index in [0.29, 0.717) is 17.2 Å². The zero-order valence-corrected chi connectivity index (χ0v) is 17.1. The highest BCUT2D eigenvalue weighted by atomic mass is 16.5. The normalized spacial score (nSPS) is 13.5. The molecule has 0 bridgehead atoms. The Morgan fingerprint density at radius 3 is 2.60 bits per heavy atom. The molecular formula is C22H24N2O6. The summed E-state index contributed by atoms with van der Waals surface area (Å²) in [5.74, 6) is 0.376. The van der Waals surface area contributed by atoms with Crippen LogP contribution in [0.4, 0.5) is 5.69 Å². The van der Waals surface area contributed by atoms with Crippen LogP contribution in [0.15, 0.2) is 53.7 Å². The van der Waals surface area contributed by atoms with Gasteiger partial charge in [-0.15, -0.1) is 0 Å². The third-order valence-corrected chi connectivity index (χ3v) is 4.81. The molecule has 1 heterocycles. The maximum absolute atomic E-state index is 12.7. The Morgan fingerprint density at radius 1 is 1.13 bits per heavy atom. The molecule has 0 atom stereocenters. The summed E-state index contributed by atoms with van der Waals surface area (Å²) in [5, 5.41) is 12.2. The van der Waals surface area contributed by atoms with Crippen molar-refractivity contribution < 1.29 is 28.9 Å². The Labute approximate surface area is 174 Å². The van der Waals surface area contributed by atoms with Gasteiger partial charge < -0.3 is 29.5 Å². The lowest BCUT2D eigenvalue weighted by atomic mass is 10.0. The number of carbonyl (C=O) groups excluding carboxylic acids is 2. The Hall–Kier alpha value is -3.52. The van der Waals surface area contributed by atoms with Crippen molar-refractivity contribution in [1.82, 2.24) is 4.90 Å². The molecule has 2 aromatic carbocycles. The minimum atomic E-state index is -0.584. The fourth-order valence-corrected chi connectivity index (χ4v) is 3.29. The zero-order chi connectivity index (χ0) is 21.7. The van der Waals surface area contributed by atoms with Crippen LogP contribution >= 0.6 is 0 Å². The molecule has 0 aliphatic carbocycles. The van der Waals surface area contributed by atoms with Crippen LogP contribution in [-0.2, 0) is 14.3 Å². The Morgan fingerprint density at radius 2 is 1.93 bits per heavy atom. The minimum absolute atomic E-state index is 0.0837. The number of amides is 1.